The van der Waals surface area contributed by atoms with Gasteiger partial charge < -0.3 is 10.1 Å². The van der Waals surface area contributed by atoms with Crippen molar-refractivity contribution in [3.8, 4) is 5.75 Å². The topological polar surface area (TPSA) is 38.3 Å². The molecular formula is C17H16Cl2FNO2. The average Bonchev–Trinajstić information content (AvgIpc) is 2.48. The van der Waals surface area contributed by atoms with E-state index in [4.69, 9.17) is 27.9 Å². The fourth-order valence-electron chi connectivity index (χ4n) is 1.90. The molecule has 0 radical (unpaired) electrons. The van der Waals surface area contributed by atoms with Crippen LogP contribution in [0.1, 0.15) is 19.4 Å². The summed E-state index contributed by atoms with van der Waals surface area (Å²) >= 11 is 11.9. The molecule has 2 rings (SSSR count). The van der Waals surface area contributed by atoms with E-state index < -0.39 is 5.60 Å². The van der Waals surface area contributed by atoms with Gasteiger partial charge in [0.15, 0.2) is 5.60 Å². The van der Waals surface area contributed by atoms with Crippen LogP contribution in [-0.4, -0.2) is 11.5 Å². The lowest BCUT2D eigenvalue weighted by molar-refractivity contribution is -0.134. The lowest BCUT2D eigenvalue weighted by Gasteiger charge is -2.25. The third kappa shape index (κ3) is 4.85. The largest absolute Gasteiger partial charge is 0.478 e. The molecule has 0 aromatic heterocycles. The number of hydrogen-bond acceptors (Lipinski definition) is 2. The summed E-state index contributed by atoms with van der Waals surface area (Å²) in [5.41, 5.74) is -0.363. The molecule has 0 aliphatic rings. The van der Waals surface area contributed by atoms with Crippen molar-refractivity contribution in [3.05, 3.63) is 63.9 Å². The molecule has 0 atom stereocenters. The van der Waals surface area contributed by atoms with Gasteiger partial charge >= 0.3 is 0 Å². The molecular weight excluding hydrogens is 340 g/mol. The van der Waals surface area contributed by atoms with Crippen molar-refractivity contribution in [1.29, 1.82) is 0 Å². The third-order valence-electron chi connectivity index (χ3n) is 3.19. The number of nitrogens with one attached hydrogen (secondary N) is 1. The molecule has 0 aliphatic carbocycles. The van der Waals surface area contributed by atoms with E-state index in [-0.39, 0.29) is 18.3 Å². The number of hydrogen-bond donors (Lipinski definition) is 1. The van der Waals surface area contributed by atoms with Crippen LogP contribution < -0.4 is 10.1 Å². The molecule has 0 bridgehead atoms. The van der Waals surface area contributed by atoms with E-state index in [2.05, 4.69) is 5.32 Å². The summed E-state index contributed by atoms with van der Waals surface area (Å²) in [4.78, 5) is 12.3. The summed E-state index contributed by atoms with van der Waals surface area (Å²) in [6, 6.07) is 10.6. The first-order chi connectivity index (χ1) is 10.8. The van der Waals surface area contributed by atoms with E-state index in [0.29, 0.717) is 15.8 Å². The number of carbonyl (C=O) groups excluding carboxylic acids is 1. The van der Waals surface area contributed by atoms with Gasteiger partial charge in [-0.1, -0.05) is 29.3 Å². The fourth-order valence-corrected chi connectivity index (χ4v) is 2.37. The molecule has 122 valence electrons. The zero-order valence-corrected chi connectivity index (χ0v) is 14.2. The Hall–Kier alpha value is -1.78. The van der Waals surface area contributed by atoms with Gasteiger partial charge in [-0.2, -0.15) is 0 Å². The smallest absolute Gasteiger partial charge is 0.263 e. The van der Waals surface area contributed by atoms with Gasteiger partial charge in [-0.05, 0) is 55.8 Å². The van der Waals surface area contributed by atoms with Crippen molar-refractivity contribution in [3.63, 3.8) is 0 Å². The second-order valence-electron chi connectivity index (χ2n) is 5.48. The number of halogens is 3. The van der Waals surface area contributed by atoms with Gasteiger partial charge in [0, 0.05) is 16.6 Å². The molecule has 3 nitrogen and oxygen atoms in total. The van der Waals surface area contributed by atoms with Gasteiger partial charge in [-0.15, -0.1) is 0 Å². The van der Waals surface area contributed by atoms with Crippen LogP contribution in [0, 0.1) is 5.82 Å². The summed E-state index contributed by atoms with van der Waals surface area (Å²) < 4.78 is 18.5. The van der Waals surface area contributed by atoms with E-state index in [1.807, 2.05) is 0 Å². The summed E-state index contributed by atoms with van der Waals surface area (Å²) in [5.74, 6) is -0.263. The minimum absolute atomic E-state index is 0.255. The van der Waals surface area contributed by atoms with Crippen molar-refractivity contribution in [1.82, 2.24) is 5.32 Å². The van der Waals surface area contributed by atoms with Gasteiger partial charge in [-0.3, -0.25) is 4.79 Å². The minimum Gasteiger partial charge on any atom is -0.478 e. The monoisotopic (exact) mass is 355 g/mol. The van der Waals surface area contributed by atoms with Crippen molar-refractivity contribution in [2.24, 2.45) is 0 Å². The maximum absolute atomic E-state index is 12.9. The Kier molecular flexibility index (Phi) is 5.50. The second-order valence-corrected chi connectivity index (χ2v) is 6.33. The Morgan fingerprint density at radius 3 is 2.43 bits per heavy atom. The van der Waals surface area contributed by atoms with Crippen molar-refractivity contribution < 1.29 is 13.9 Å². The van der Waals surface area contributed by atoms with E-state index in [9.17, 15) is 9.18 Å². The van der Waals surface area contributed by atoms with Crippen LogP contribution >= 0.6 is 23.2 Å². The summed E-state index contributed by atoms with van der Waals surface area (Å²) in [7, 11) is 0. The molecule has 0 aliphatic heterocycles. The zero-order chi connectivity index (χ0) is 17.0. The average molecular weight is 356 g/mol. The maximum Gasteiger partial charge on any atom is 0.263 e. The normalized spacial score (nSPS) is 11.2. The van der Waals surface area contributed by atoms with Crippen molar-refractivity contribution in [2.45, 2.75) is 26.0 Å². The molecule has 0 heterocycles. The highest BCUT2D eigenvalue weighted by Gasteiger charge is 2.29. The first kappa shape index (κ1) is 17.6. The quantitative estimate of drug-likeness (QED) is 0.850. The predicted octanol–water partition coefficient (Wildman–Crippen LogP) is 4.61. The van der Waals surface area contributed by atoms with Crippen LogP contribution in [0.25, 0.3) is 0 Å². The molecule has 23 heavy (non-hydrogen) atoms. The molecule has 1 N–H and O–H groups in total. The Balaban J connectivity index is 1.99. The van der Waals surface area contributed by atoms with Gasteiger partial charge in [0.05, 0.1) is 0 Å². The Morgan fingerprint density at radius 1 is 1.17 bits per heavy atom. The summed E-state index contributed by atoms with van der Waals surface area (Å²) in [6.45, 7) is 3.52. The van der Waals surface area contributed by atoms with Crippen molar-refractivity contribution in [2.75, 3.05) is 0 Å². The minimum atomic E-state index is -1.11. The number of ether oxygens (including phenoxy) is 1. The van der Waals surface area contributed by atoms with Gasteiger partial charge in [0.2, 0.25) is 0 Å². The SMILES string of the molecule is CC(C)(Oc1ccc(F)cc1)C(=O)NCc1ccc(Cl)cc1Cl. The molecule has 0 unspecified atom stereocenters. The van der Waals surface area contributed by atoms with Crippen LogP contribution in [0.5, 0.6) is 5.75 Å². The zero-order valence-electron chi connectivity index (χ0n) is 12.7. The number of benzene rings is 2. The van der Waals surface area contributed by atoms with E-state index in [1.54, 1.807) is 32.0 Å². The molecule has 1 amide bonds. The highest BCUT2D eigenvalue weighted by molar-refractivity contribution is 6.35. The number of rotatable bonds is 5. The second kappa shape index (κ2) is 7.20. The van der Waals surface area contributed by atoms with Crippen LogP contribution in [0.2, 0.25) is 10.0 Å². The van der Waals surface area contributed by atoms with E-state index in [0.717, 1.165) is 5.56 Å². The summed E-state index contributed by atoms with van der Waals surface area (Å²) in [5, 5.41) is 3.78. The molecule has 2 aromatic rings. The number of carbonyl (C=O) groups is 1. The van der Waals surface area contributed by atoms with Crippen LogP contribution in [-0.2, 0) is 11.3 Å². The van der Waals surface area contributed by atoms with Gasteiger partial charge in [0.1, 0.15) is 11.6 Å². The first-order valence-corrected chi connectivity index (χ1v) is 7.70. The van der Waals surface area contributed by atoms with Gasteiger partial charge in [0.25, 0.3) is 5.91 Å². The van der Waals surface area contributed by atoms with Crippen LogP contribution in [0.3, 0.4) is 0 Å². The lowest BCUT2D eigenvalue weighted by Crippen LogP contribution is -2.46. The molecule has 0 spiro atoms. The standard InChI is InChI=1S/C17H16Cl2FNO2/c1-17(2,23-14-7-5-13(20)6-8-14)16(22)21-10-11-3-4-12(18)9-15(11)19/h3-9H,10H2,1-2H3,(H,21,22). The van der Waals surface area contributed by atoms with E-state index in [1.165, 1.54) is 24.3 Å². The van der Waals surface area contributed by atoms with Crippen molar-refractivity contribution >= 4 is 29.1 Å². The Morgan fingerprint density at radius 2 is 1.83 bits per heavy atom. The molecule has 0 saturated carbocycles. The summed E-state index contributed by atoms with van der Waals surface area (Å²) in [6.07, 6.45) is 0. The molecule has 6 heteroatoms. The highest BCUT2D eigenvalue weighted by Crippen LogP contribution is 2.22. The van der Waals surface area contributed by atoms with Gasteiger partial charge in [-0.25, -0.2) is 4.39 Å². The maximum atomic E-state index is 12.9. The predicted molar refractivity (Wildman–Crippen MR) is 89.4 cm³/mol. The molecule has 2 aromatic carbocycles. The third-order valence-corrected chi connectivity index (χ3v) is 3.77. The van der Waals surface area contributed by atoms with Crippen LogP contribution in [0.15, 0.2) is 42.5 Å². The molecule has 0 fully saturated rings. The highest BCUT2D eigenvalue weighted by atomic mass is 35.5. The first-order valence-electron chi connectivity index (χ1n) is 6.95. The number of amides is 1. The van der Waals surface area contributed by atoms with E-state index >= 15 is 0 Å². The lowest BCUT2D eigenvalue weighted by atomic mass is 10.1. The van der Waals surface area contributed by atoms with Crippen LogP contribution in [0.4, 0.5) is 4.39 Å². The Labute approximate surface area is 144 Å². The molecule has 0 saturated heterocycles. The Bertz CT molecular complexity index is 702. The fraction of sp³-hybridized carbons (Fsp3) is 0.235.